The fourth-order valence-electron chi connectivity index (χ4n) is 3.53. The third-order valence-corrected chi connectivity index (χ3v) is 5.18. The molecule has 3 aromatic rings. The summed E-state index contributed by atoms with van der Waals surface area (Å²) in [6.45, 7) is 6.15. The number of benzene rings is 2. The van der Waals surface area contributed by atoms with Crippen LogP contribution in [0.2, 0.25) is 0 Å². The van der Waals surface area contributed by atoms with Crippen LogP contribution in [0.25, 0.3) is 11.1 Å². The number of carbonyl (C=O) groups excluding carboxylic acids is 1. The van der Waals surface area contributed by atoms with E-state index in [1.165, 1.54) is 5.56 Å². The number of fused-ring (bicyclic) bond motifs is 1. The Bertz CT molecular complexity index is 993. The lowest BCUT2D eigenvalue weighted by Crippen LogP contribution is -2.51. The minimum atomic E-state index is -0.0372. The van der Waals surface area contributed by atoms with Crippen molar-refractivity contribution in [2.75, 3.05) is 33.3 Å². The monoisotopic (exact) mass is 394 g/mol. The molecule has 1 N–H and O–H groups in total. The normalized spacial score (nSPS) is 14.9. The number of methoxy groups -OCH3 is 1. The van der Waals surface area contributed by atoms with Gasteiger partial charge in [0.25, 0.3) is 0 Å². The van der Waals surface area contributed by atoms with E-state index >= 15 is 0 Å². The van der Waals surface area contributed by atoms with Crippen molar-refractivity contribution in [1.82, 2.24) is 20.1 Å². The summed E-state index contributed by atoms with van der Waals surface area (Å²) in [5.41, 5.74) is 3.91. The highest BCUT2D eigenvalue weighted by molar-refractivity contribution is 5.74. The summed E-state index contributed by atoms with van der Waals surface area (Å²) in [5.74, 6) is 1.52. The van der Waals surface area contributed by atoms with E-state index in [1.807, 2.05) is 54.3 Å². The lowest BCUT2D eigenvalue weighted by molar-refractivity contribution is 0.129. The van der Waals surface area contributed by atoms with Crippen molar-refractivity contribution in [3.8, 4) is 5.75 Å². The van der Waals surface area contributed by atoms with E-state index in [0.717, 1.165) is 41.4 Å². The van der Waals surface area contributed by atoms with Crippen LogP contribution in [0.5, 0.6) is 5.75 Å². The molecule has 2 heterocycles. The quantitative estimate of drug-likeness (QED) is 0.720. The minimum absolute atomic E-state index is 0.0372. The molecule has 0 saturated carbocycles. The van der Waals surface area contributed by atoms with Crippen LogP contribution in [-0.4, -0.2) is 54.1 Å². The van der Waals surface area contributed by atoms with E-state index in [1.54, 1.807) is 7.11 Å². The highest BCUT2D eigenvalue weighted by atomic mass is 16.5. The van der Waals surface area contributed by atoms with Crippen LogP contribution in [0.1, 0.15) is 17.0 Å². The molecule has 1 fully saturated rings. The van der Waals surface area contributed by atoms with Crippen LogP contribution in [0.3, 0.4) is 0 Å². The molecule has 4 rings (SSSR count). The van der Waals surface area contributed by atoms with Gasteiger partial charge in [-0.1, -0.05) is 18.2 Å². The van der Waals surface area contributed by atoms with Gasteiger partial charge in [0.2, 0.25) is 5.89 Å². The Morgan fingerprint density at radius 2 is 2.00 bits per heavy atom. The van der Waals surface area contributed by atoms with Crippen molar-refractivity contribution in [3.63, 3.8) is 0 Å². The summed E-state index contributed by atoms with van der Waals surface area (Å²) in [5, 5.41) is 2.99. The number of urea groups is 1. The topological polar surface area (TPSA) is 70.8 Å². The molecule has 2 amide bonds. The molecule has 0 atom stereocenters. The van der Waals surface area contributed by atoms with Crippen molar-refractivity contribution in [2.45, 2.75) is 20.0 Å². The standard InChI is InChI=1S/C22H26N4O3/c1-16-6-7-20-19(12-16)24-21(29-20)15-25-8-10-26(11-9-25)22(27)23-14-17-4-3-5-18(13-17)28-2/h3-7,12-13H,8-11,14-15H2,1-2H3,(H,23,27). The van der Waals surface area contributed by atoms with E-state index in [4.69, 9.17) is 9.15 Å². The molecule has 1 aromatic heterocycles. The number of aromatic nitrogens is 1. The lowest BCUT2D eigenvalue weighted by atomic mass is 10.2. The van der Waals surface area contributed by atoms with E-state index in [-0.39, 0.29) is 6.03 Å². The summed E-state index contributed by atoms with van der Waals surface area (Å²) in [6.07, 6.45) is 0. The van der Waals surface area contributed by atoms with Gasteiger partial charge in [-0.25, -0.2) is 9.78 Å². The Morgan fingerprint density at radius 3 is 2.79 bits per heavy atom. The molecule has 0 radical (unpaired) electrons. The molecule has 1 saturated heterocycles. The fraction of sp³-hybridized carbons (Fsp3) is 0.364. The number of rotatable bonds is 5. The van der Waals surface area contributed by atoms with Crippen LogP contribution in [0, 0.1) is 6.92 Å². The van der Waals surface area contributed by atoms with E-state index in [0.29, 0.717) is 26.2 Å². The first kappa shape index (κ1) is 19.3. The number of ether oxygens (including phenoxy) is 1. The SMILES string of the molecule is COc1cccc(CNC(=O)N2CCN(Cc3nc4cc(C)ccc4o3)CC2)c1. The Labute approximate surface area is 170 Å². The summed E-state index contributed by atoms with van der Waals surface area (Å²) in [6, 6.07) is 13.7. The number of piperazine rings is 1. The van der Waals surface area contributed by atoms with Gasteiger partial charge >= 0.3 is 6.03 Å². The smallest absolute Gasteiger partial charge is 0.317 e. The zero-order valence-electron chi connectivity index (χ0n) is 16.9. The fourth-order valence-corrected chi connectivity index (χ4v) is 3.53. The number of hydrogen-bond acceptors (Lipinski definition) is 5. The van der Waals surface area contributed by atoms with Crippen LogP contribution in [0.4, 0.5) is 4.79 Å². The molecule has 29 heavy (non-hydrogen) atoms. The Balaban J connectivity index is 1.26. The van der Waals surface area contributed by atoms with Crippen molar-refractivity contribution >= 4 is 17.1 Å². The van der Waals surface area contributed by atoms with Crippen LogP contribution < -0.4 is 10.1 Å². The molecular formula is C22H26N4O3. The van der Waals surface area contributed by atoms with Crippen LogP contribution in [0.15, 0.2) is 46.9 Å². The summed E-state index contributed by atoms with van der Waals surface area (Å²) in [4.78, 5) is 21.2. The zero-order chi connectivity index (χ0) is 20.2. The van der Waals surface area contributed by atoms with E-state index in [9.17, 15) is 4.79 Å². The first-order chi connectivity index (χ1) is 14.1. The molecule has 152 valence electrons. The maximum atomic E-state index is 12.5. The largest absolute Gasteiger partial charge is 0.497 e. The summed E-state index contributed by atoms with van der Waals surface area (Å²) >= 11 is 0. The van der Waals surface area contributed by atoms with Gasteiger partial charge in [-0.05, 0) is 42.3 Å². The maximum absolute atomic E-state index is 12.5. The maximum Gasteiger partial charge on any atom is 0.317 e. The van der Waals surface area contributed by atoms with Gasteiger partial charge in [0, 0.05) is 32.7 Å². The predicted molar refractivity (Wildman–Crippen MR) is 111 cm³/mol. The Kier molecular flexibility index (Phi) is 5.67. The molecule has 1 aliphatic rings. The molecule has 7 nitrogen and oxygen atoms in total. The molecular weight excluding hydrogens is 368 g/mol. The number of carbonyl (C=O) groups is 1. The number of nitrogens with one attached hydrogen (secondary N) is 1. The average Bonchev–Trinajstić information content (AvgIpc) is 3.14. The second kappa shape index (κ2) is 8.53. The third-order valence-electron chi connectivity index (χ3n) is 5.18. The van der Waals surface area contributed by atoms with Gasteiger partial charge in [-0.15, -0.1) is 0 Å². The highest BCUT2D eigenvalue weighted by Crippen LogP contribution is 2.18. The number of nitrogens with zero attached hydrogens (tertiary/aromatic N) is 3. The number of amides is 2. The van der Waals surface area contributed by atoms with Gasteiger partial charge in [0.05, 0.1) is 13.7 Å². The van der Waals surface area contributed by atoms with Crippen LogP contribution in [-0.2, 0) is 13.1 Å². The first-order valence-electron chi connectivity index (χ1n) is 9.85. The molecule has 2 aromatic carbocycles. The summed E-state index contributed by atoms with van der Waals surface area (Å²) in [7, 11) is 1.64. The van der Waals surface area contributed by atoms with Crippen molar-refractivity contribution < 1.29 is 13.9 Å². The Morgan fingerprint density at radius 1 is 1.17 bits per heavy atom. The molecule has 0 bridgehead atoms. The molecule has 0 spiro atoms. The van der Waals surface area contributed by atoms with Crippen LogP contribution >= 0.6 is 0 Å². The molecule has 1 aliphatic heterocycles. The Hall–Kier alpha value is -3.06. The second-order valence-electron chi connectivity index (χ2n) is 7.35. The van der Waals surface area contributed by atoms with Gasteiger partial charge in [-0.3, -0.25) is 4.90 Å². The molecule has 0 unspecified atom stereocenters. The van der Waals surface area contributed by atoms with E-state index < -0.39 is 0 Å². The lowest BCUT2D eigenvalue weighted by Gasteiger charge is -2.34. The molecule has 7 heteroatoms. The van der Waals surface area contributed by atoms with E-state index in [2.05, 4.69) is 15.2 Å². The average molecular weight is 394 g/mol. The van der Waals surface area contributed by atoms with Gasteiger partial charge in [0.15, 0.2) is 5.58 Å². The van der Waals surface area contributed by atoms with Gasteiger partial charge in [0.1, 0.15) is 11.3 Å². The summed E-state index contributed by atoms with van der Waals surface area (Å²) < 4.78 is 11.1. The number of hydrogen-bond donors (Lipinski definition) is 1. The number of aryl methyl sites for hydroxylation is 1. The predicted octanol–water partition coefficient (Wildman–Crippen LogP) is 3.17. The van der Waals surface area contributed by atoms with Gasteiger partial charge in [-0.2, -0.15) is 0 Å². The highest BCUT2D eigenvalue weighted by Gasteiger charge is 2.22. The third kappa shape index (κ3) is 4.68. The first-order valence-corrected chi connectivity index (χ1v) is 9.85. The number of oxazole rings is 1. The minimum Gasteiger partial charge on any atom is -0.497 e. The van der Waals surface area contributed by atoms with Crippen molar-refractivity contribution in [2.24, 2.45) is 0 Å². The molecule has 0 aliphatic carbocycles. The zero-order valence-corrected chi connectivity index (χ0v) is 16.9. The van der Waals surface area contributed by atoms with Gasteiger partial charge < -0.3 is 19.4 Å². The second-order valence-corrected chi connectivity index (χ2v) is 7.35. The van der Waals surface area contributed by atoms with Crippen molar-refractivity contribution in [3.05, 3.63) is 59.5 Å². The van der Waals surface area contributed by atoms with Crippen molar-refractivity contribution in [1.29, 1.82) is 0 Å².